The standard InChI is InChI=1S/C26H23BrN4O3S2/c1-2-34-19-11-9-18(10-12-19)31-25(33)23-20-7-4-8-21(20)36-24(23)29-26(31)35-15-22(32)30-28-14-16-5-3-6-17(27)13-16/h3,5-6,9-14H,2,4,7-8,15H2,1H3,(H,30,32). The first kappa shape index (κ1) is 24.7. The molecular formula is C26H23BrN4O3S2. The maximum atomic E-state index is 13.7. The molecule has 0 atom stereocenters. The number of hydrazone groups is 1. The minimum absolute atomic E-state index is 0.0654. The summed E-state index contributed by atoms with van der Waals surface area (Å²) in [5, 5.41) is 5.22. The molecule has 0 fully saturated rings. The highest BCUT2D eigenvalue weighted by Gasteiger charge is 2.24. The van der Waals surface area contributed by atoms with Crippen LogP contribution in [-0.2, 0) is 17.6 Å². The Bertz CT molecular complexity index is 1510. The average Bonchev–Trinajstić information content (AvgIpc) is 3.45. The zero-order valence-corrected chi connectivity index (χ0v) is 22.7. The number of fused-ring (bicyclic) bond motifs is 3. The van der Waals surface area contributed by atoms with Crippen LogP contribution in [0.15, 0.2) is 68.1 Å². The van der Waals surface area contributed by atoms with Gasteiger partial charge in [-0.05, 0) is 73.7 Å². The second-order valence-corrected chi connectivity index (χ2v) is 11.1. The summed E-state index contributed by atoms with van der Waals surface area (Å²) >= 11 is 6.22. The lowest BCUT2D eigenvalue weighted by molar-refractivity contribution is -0.118. The van der Waals surface area contributed by atoms with Crippen molar-refractivity contribution in [3.63, 3.8) is 0 Å². The number of amides is 1. The molecule has 1 aliphatic rings. The van der Waals surface area contributed by atoms with Crippen LogP contribution in [0.5, 0.6) is 5.75 Å². The average molecular weight is 584 g/mol. The molecule has 0 aliphatic heterocycles. The van der Waals surface area contributed by atoms with E-state index in [9.17, 15) is 9.59 Å². The molecule has 0 saturated heterocycles. The molecule has 0 unspecified atom stereocenters. The first-order chi connectivity index (χ1) is 17.5. The summed E-state index contributed by atoms with van der Waals surface area (Å²) in [6.07, 6.45) is 4.54. The van der Waals surface area contributed by atoms with Crippen LogP contribution in [0, 0.1) is 0 Å². The van der Waals surface area contributed by atoms with E-state index in [4.69, 9.17) is 9.72 Å². The third-order valence-electron chi connectivity index (χ3n) is 5.70. The van der Waals surface area contributed by atoms with Crippen LogP contribution in [0.4, 0.5) is 0 Å². The molecule has 0 spiro atoms. The van der Waals surface area contributed by atoms with Gasteiger partial charge in [0.2, 0.25) is 0 Å². The molecule has 2 aromatic heterocycles. The first-order valence-corrected chi connectivity index (χ1v) is 14.1. The van der Waals surface area contributed by atoms with E-state index in [0.29, 0.717) is 22.8 Å². The molecule has 7 nitrogen and oxygen atoms in total. The molecule has 4 aromatic rings. The zero-order valence-electron chi connectivity index (χ0n) is 19.5. The fraction of sp³-hybridized carbons (Fsp3) is 0.231. The van der Waals surface area contributed by atoms with Gasteiger partial charge >= 0.3 is 0 Å². The van der Waals surface area contributed by atoms with Crippen molar-refractivity contribution in [2.24, 2.45) is 5.10 Å². The molecule has 36 heavy (non-hydrogen) atoms. The van der Waals surface area contributed by atoms with E-state index in [-0.39, 0.29) is 17.2 Å². The number of carbonyl (C=O) groups is 1. The van der Waals surface area contributed by atoms with Crippen molar-refractivity contribution >= 4 is 61.4 Å². The van der Waals surface area contributed by atoms with Gasteiger partial charge in [-0.2, -0.15) is 5.10 Å². The number of thiophene rings is 1. The Morgan fingerprint density at radius 3 is 2.89 bits per heavy atom. The minimum Gasteiger partial charge on any atom is -0.494 e. The third-order valence-corrected chi connectivity index (χ3v) is 8.32. The van der Waals surface area contributed by atoms with E-state index in [2.05, 4.69) is 26.5 Å². The maximum absolute atomic E-state index is 13.7. The number of carbonyl (C=O) groups excluding carboxylic acids is 1. The Balaban J connectivity index is 1.42. The van der Waals surface area contributed by atoms with E-state index in [1.807, 2.05) is 55.5 Å². The number of aromatic nitrogens is 2. The van der Waals surface area contributed by atoms with Gasteiger partial charge in [0.15, 0.2) is 5.16 Å². The molecule has 1 aliphatic carbocycles. The molecule has 0 bridgehead atoms. The molecule has 184 valence electrons. The van der Waals surface area contributed by atoms with Crippen molar-refractivity contribution in [2.45, 2.75) is 31.3 Å². The number of hydrogen-bond acceptors (Lipinski definition) is 7. The van der Waals surface area contributed by atoms with Gasteiger partial charge in [-0.1, -0.05) is 39.8 Å². The summed E-state index contributed by atoms with van der Waals surface area (Å²) in [6, 6.07) is 15.0. The van der Waals surface area contributed by atoms with E-state index in [1.165, 1.54) is 16.6 Å². The lowest BCUT2D eigenvalue weighted by Gasteiger charge is -2.13. The minimum atomic E-state index is -0.285. The molecule has 5 rings (SSSR count). The van der Waals surface area contributed by atoms with Gasteiger partial charge in [0.05, 0.1) is 29.6 Å². The van der Waals surface area contributed by atoms with Crippen molar-refractivity contribution in [3.8, 4) is 11.4 Å². The fourth-order valence-corrected chi connectivity index (χ4v) is 6.66. The Labute approximate surface area is 224 Å². The Hall–Kier alpha value is -2.95. The smallest absolute Gasteiger partial charge is 0.267 e. The highest BCUT2D eigenvalue weighted by Crippen LogP contribution is 2.36. The number of benzene rings is 2. The number of nitrogens with one attached hydrogen (secondary N) is 1. The zero-order chi connectivity index (χ0) is 25.1. The number of hydrogen-bond donors (Lipinski definition) is 1. The highest BCUT2D eigenvalue weighted by atomic mass is 79.9. The van der Waals surface area contributed by atoms with Crippen molar-refractivity contribution in [3.05, 3.63) is 79.4 Å². The largest absolute Gasteiger partial charge is 0.494 e. The van der Waals surface area contributed by atoms with Crippen LogP contribution in [0.1, 0.15) is 29.3 Å². The summed E-state index contributed by atoms with van der Waals surface area (Å²) in [5.74, 6) is 0.514. The van der Waals surface area contributed by atoms with Crippen molar-refractivity contribution in [1.29, 1.82) is 0 Å². The van der Waals surface area contributed by atoms with Gasteiger partial charge < -0.3 is 4.74 Å². The second-order valence-electron chi connectivity index (χ2n) is 8.14. The summed E-state index contributed by atoms with van der Waals surface area (Å²) in [6.45, 7) is 2.49. The predicted molar refractivity (Wildman–Crippen MR) is 149 cm³/mol. The van der Waals surface area contributed by atoms with Gasteiger partial charge in [0, 0.05) is 9.35 Å². The van der Waals surface area contributed by atoms with Gasteiger partial charge in [-0.25, -0.2) is 10.4 Å². The quantitative estimate of drug-likeness (QED) is 0.131. The monoisotopic (exact) mass is 582 g/mol. The van der Waals surface area contributed by atoms with E-state index < -0.39 is 0 Å². The normalized spacial score (nSPS) is 12.8. The van der Waals surface area contributed by atoms with Crippen LogP contribution < -0.4 is 15.7 Å². The first-order valence-electron chi connectivity index (χ1n) is 11.5. The molecule has 10 heteroatoms. The van der Waals surface area contributed by atoms with E-state index in [0.717, 1.165) is 45.4 Å². The summed E-state index contributed by atoms with van der Waals surface area (Å²) in [7, 11) is 0. The SMILES string of the molecule is CCOc1ccc(-n2c(SCC(=O)NN=Cc3cccc(Br)c3)nc3sc4c(c3c2=O)CCC4)cc1. The van der Waals surface area contributed by atoms with Gasteiger partial charge in [0.25, 0.3) is 11.5 Å². The number of ether oxygens (including phenoxy) is 1. The fourth-order valence-electron chi connectivity index (χ4n) is 4.14. The number of thioether (sulfide) groups is 1. The lowest BCUT2D eigenvalue weighted by Crippen LogP contribution is -2.24. The van der Waals surface area contributed by atoms with E-state index in [1.54, 1.807) is 22.1 Å². The number of nitrogens with zero attached hydrogens (tertiary/aromatic N) is 3. The Morgan fingerprint density at radius 2 is 2.11 bits per heavy atom. The topological polar surface area (TPSA) is 85.6 Å². The van der Waals surface area contributed by atoms with Crippen molar-refractivity contribution in [1.82, 2.24) is 15.0 Å². The maximum Gasteiger partial charge on any atom is 0.267 e. The molecule has 2 heterocycles. The van der Waals surface area contributed by atoms with Gasteiger partial charge in [-0.3, -0.25) is 14.2 Å². The van der Waals surface area contributed by atoms with Crippen LogP contribution >= 0.6 is 39.0 Å². The molecule has 1 N–H and O–H groups in total. The molecular weight excluding hydrogens is 560 g/mol. The van der Waals surface area contributed by atoms with Crippen LogP contribution in [0.3, 0.4) is 0 Å². The highest BCUT2D eigenvalue weighted by molar-refractivity contribution is 9.10. The number of halogens is 1. The predicted octanol–water partition coefficient (Wildman–Crippen LogP) is 5.34. The lowest BCUT2D eigenvalue weighted by atomic mass is 10.2. The Morgan fingerprint density at radius 1 is 1.28 bits per heavy atom. The molecule has 2 aromatic carbocycles. The Kier molecular flexibility index (Phi) is 7.54. The van der Waals surface area contributed by atoms with Crippen molar-refractivity contribution in [2.75, 3.05) is 12.4 Å². The molecule has 0 radical (unpaired) electrons. The summed E-state index contributed by atoms with van der Waals surface area (Å²) < 4.78 is 8.09. The number of rotatable bonds is 8. The van der Waals surface area contributed by atoms with Crippen LogP contribution in [0.25, 0.3) is 15.9 Å². The molecule has 0 saturated carbocycles. The second kappa shape index (κ2) is 11.0. The summed E-state index contributed by atoms with van der Waals surface area (Å²) in [5.41, 5.74) is 5.13. The van der Waals surface area contributed by atoms with Crippen LogP contribution in [0.2, 0.25) is 0 Å². The third kappa shape index (κ3) is 5.25. The van der Waals surface area contributed by atoms with Gasteiger partial charge in [0.1, 0.15) is 10.6 Å². The molecule has 1 amide bonds. The van der Waals surface area contributed by atoms with Gasteiger partial charge in [-0.15, -0.1) is 11.3 Å². The van der Waals surface area contributed by atoms with E-state index >= 15 is 0 Å². The van der Waals surface area contributed by atoms with Crippen molar-refractivity contribution < 1.29 is 9.53 Å². The summed E-state index contributed by atoms with van der Waals surface area (Å²) in [4.78, 5) is 33.1. The van der Waals surface area contributed by atoms with Crippen LogP contribution in [-0.4, -0.2) is 34.0 Å². The number of aryl methyl sites for hydroxylation is 2.